The summed E-state index contributed by atoms with van der Waals surface area (Å²) in [5.41, 5.74) is 21.2. The molecule has 13 aromatic rings. The number of aromatic amines is 3. The van der Waals surface area contributed by atoms with Crippen molar-refractivity contribution in [3.63, 3.8) is 0 Å². The van der Waals surface area contributed by atoms with Crippen molar-refractivity contribution in [2.75, 3.05) is 0 Å². The maximum absolute atomic E-state index is 3.70. The molecule has 0 amide bonds. The molecule has 3 aromatic heterocycles. The zero-order valence-corrected chi connectivity index (χ0v) is 34.3. The van der Waals surface area contributed by atoms with Gasteiger partial charge in [0.1, 0.15) is 0 Å². The molecule has 3 heteroatoms. The van der Waals surface area contributed by atoms with Gasteiger partial charge in [-0.15, -0.1) is 0 Å². The second-order valence-electron chi connectivity index (χ2n) is 16.7. The number of H-pyrrole nitrogens is 3. The second kappa shape index (κ2) is 14.1. The van der Waals surface area contributed by atoms with Gasteiger partial charge >= 0.3 is 0 Å². The van der Waals surface area contributed by atoms with Crippen molar-refractivity contribution >= 4 is 65.4 Å². The average molecular weight is 802 g/mol. The summed E-state index contributed by atoms with van der Waals surface area (Å²) in [6.45, 7) is 0. The van der Waals surface area contributed by atoms with E-state index in [1.165, 1.54) is 116 Å². The van der Waals surface area contributed by atoms with Gasteiger partial charge in [0, 0.05) is 65.6 Å². The highest BCUT2D eigenvalue weighted by Gasteiger charge is 2.15. The molecular formula is C60H39N3. The second-order valence-corrected chi connectivity index (χ2v) is 16.7. The standard InChI is InChI=1S/C60H39N3/c1-4-19-55-49(10-1)52-16-7-13-46(58(52)61-55)40-28-22-37(23-29-40)43-34-44(38-24-30-41(31-25-38)47-14-8-17-53-50-11-2-5-20-56(50)62-59(47)53)36-45(35-43)39-26-32-42(33-27-39)48-15-9-18-54-51-12-3-6-21-57(51)63-60(48)54/h1-36,61-63H. The molecule has 0 atom stereocenters. The molecule has 0 fully saturated rings. The third-order valence-electron chi connectivity index (χ3n) is 13.1. The van der Waals surface area contributed by atoms with Crippen LogP contribution in [-0.4, -0.2) is 15.0 Å². The van der Waals surface area contributed by atoms with Crippen LogP contribution in [0.25, 0.3) is 132 Å². The van der Waals surface area contributed by atoms with Crippen LogP contribution in [-0.2, 0) is 0 Å². The molecule has 0 saturated heterocycles. The first kappa shape index (κ1) is 35.4. The molecule has 0 saturated carbocycles. The van der Waals surface area contributed by atoms with Crippen LogP contribution >= 0.6 is 0 Å². The summed E-state index contributed by atoms with van der Waals surface area (Å²) >= 11 is 0. The fourth-order valence-electron chi connectivity index (χ4n) is 10.00. The van der Waals surface area contributed by atoms with Crippen LogP contribution in [0.3, 0.4) is 0 Å². The van der Waals surface area contributed by atoms with E-state index in [1.54, 1.807) is 0 Å². The minimum atomic E-state index is 1.16. The largest absolute Gasteiger partial charge is 0.354 e. The Kier molecular flexibility index (Phi) is 7.91. The van der Waals surface area contributed by atoms with Gasteiger partial charge in [0.15, 0.2) is 0 Å². The lowest BCUT2D eigenvalue weighted by molar-refractivity contribution is 1.52. The van der Waals surface area contributed by atoms with Gasteiger partial charge in [-0.3, -0.25) is 0 Å². The number of fused-ring (bicyclic) bond motifs is 9. The molecule has 13 rings (SSSR count). The average Bonchev–Trinajstić information content (AvgIpc) is 4.06. The lowest BCUT2D eigenvalue weighted by Gasteiger charge is -2.13. The van der Waals surface area contributed by atoms with E-state index in [2.05, 4.69) is 233 Å². The molecule has 0 aliphatic carbocycles. The normalized spacial score (nSPS) is 11.8. The molecule has 294 valence electrons. The van der Waals surface area contributed by atoms with Crippen molar-refractivity contribution in [3.8, 4) is 66.8 Å². The van der Waals surface area contributed by atoms with E-state index in [1.807, 2.05) is 0 Å². The quantitative estimate of drug-likeness (QED) is 0.150. The molecule has 0 spiro atoms. The molecule has 0 unspecified atom stereocenters. The van der Waals surface area contributed by atoms with E-state index in [0.717, 1.165) is 16.6 Å². The van der Waals surface area contributed by atoms with Crippen molar-refractivity contribution in [2.24, 2.45) is 0 Å². The third-order valence-corrected chi connectivity index (χ3v) is 13.1. The van der Waals surface area contributed by atoms with Gasteiger partial charge in [-0.25, -0.2) is 0 Å². The molecule has 63 heavy (non-hydrogen) atoms. The Bertz CT molecular complexity index is 3460. The zero-order chi connectivity index (χ0) is 41.4. The molecule has 3 N–H and O–H groups in total. The monoisotopic (exact) mass is 801 g/mol. The van der Waals surface area contributed by atoms with Gasteiger partial charge < -0.3 is 15.0 Å². The van der Waals surface area contributed by atoms with Crippen molar-refractivity contribution in [3.05, 3.63) is 218 Å². The third kappa shape index (κ3) is 5.82. The smallest absolute Gasteiger partial charge is 0.0544 e. The predicted octanol–water partition coefficient (Wildman–Crippen LogP) is 16.6. The highest BCUT2D eigenvalue weighted by atomic mass is 14.7. The zero-order valence-electron chi connectivity index (χ0n) is 34.3. The van der Waals surface area contributed by atoms with Crippen LogP contribution in [0.15, 0.2) is 218 Å². The first-order valence-corrected chi connectivity index (χ1v) is 21.7. The molecule has 0 aliphatic heterocycles. The Balaban J connectivity index is 0.903. The maximum Gasteiger partial charge on any atom is 0.0544 e. The first-order chi connectivity index (χ1) is 31.2. The molecular weight excluding hydrogens is 763 g/mol. The number of hydrogen-bond acceptors (Lipinski definition) is 0. The summed E-state index contributed by atoms with van der Waals surface area (Å²) in [5.74, 6) is 0. The van der Waals surface area contributed by atoms with Gasteiger partial charge in [-0.1, -0.05) is 182 Å². The van der Waals surface area contributed by atoms with Crippen LogP contribution in [0.2, 0.25) is 0 Å². The minimum Gasteiger partial charge on any atom is -0.354 e. The molecule has 0 aliphatic rings. The summed E-state index contributed by atoms with van der Waals surface area (Å²) in [6.07, 6.45) is 0. The van der Waals surface area contributed by atoms with E-state index >= 15 is 0 Å². The predicted molar refractivity (Wildman–Crippen MR) is 267 cm³/mol. The van der Waals surface area contributed by atoms with E-state index in [0.29, 0.717) is 0 Å². The molecule has 3 heterocycles. The van der Waals surface area contributed by atoms with Crippen LogP contribution in [0.5, 0.6) is 0 Å². The Morgan fingerprint density at radius 3 is 0.746 bits per heavy atom. The topological polar surface area (TPSA) is 47.4 Å². The van der Waals surface area contributed by atoms with E-state index in [-0.39, 0.29) is 0 Å². The van der Waals surface area contributed by atoms with Crippen LogP contribution in [0.4, 0.5) is 0 Å². The number of aromatic nitrogens is 3. The summed E-state index contributed by atoms with van der Waals surface area (Å²) in [7, 11) is 0. The van der Waals surface area contributed by atoms with Gasteiger partial charge in [0.25, 0.3) is 0 Å². The molecule has 10 aromatic carbocycles. The lowest BCUT2D eigenvalue weighted by Crippen LogP contribution is -1.88. The Labute approximate surface area is 363 Å². The van der Waals surface area contributed by atoms with Crippen molar-refractivity contribution < 1.29 is 0 Å². The van der Waals surface area contributed by atoms with E-state index in [4.69, 9.17) is 0 Å². The fourth-order valence-corrected chi connectivity index (χ4v) is 10.00. The van der Waals surface area contributed by atoms with Crippen LogP contribution < -0.4 is 0 Å². The summed E-state index contributed by atoms with van der Waals surface area (Å²) in [6, 6.07) is 79.7. The van der Waals surface area contributed by atoms with Crippen LogP contribution in [0, 0.1) is 0 Å². The minimum absolute atomic E-state index is 1.16. The number of hydrogen-bond donors (Lipinski definition) is 3. The van der Waals surface area contributed by atoms with Gasteiger partial charge in [-0.2, -0.15) is 0 Å². The van der Waals surface area contributed by atoms with Crippen LogP contribution in [0.1, 0.15) is 0 Å². The Hall–Kier alpha value is -8.40. The SMILES string of the molecule is c1ccc2c(c1)[nH]c1c(-c3ccc(-c4cc(-c5ccc(-c6cccc7c6[nH]c6ccccc67)cc5)cc(-c5ccc(-c6cccc7c6[nH]c6ccccc67)cc5)c4)cc3)cccc12. The van der Waals surface area contributed by atoms with Gasteiger partial charge in [0.2, 0.25) is 0 Å². The molecule has 0 bridgehead atoms. The summed E-state index contributed by atoms with van der Waals surface area (Å²) in [4.78, 5) is 11.1. The highest BCUT2D eigenvalue weighted by molar-refractivity contribution is 6.14. The summed E-state index contributed by atoms with van der Waals surface area (Å²) < 4.78 is 0. The van der Waals surface area contributed by atoms with Crippen molar-refractivity contribution in [1.29, 1.82) is 0 Å². The van der Waals surface area contributed by atoms with E-state index in [9.17, 15) is 0 Å². The number of benzene rings is 10. The van der Waals surface area contributed by atoms with Crippen molar-refractivity contribution in [2.45, 2.75) is 0 Å². The lowest BCUT2D eigenvalue weighted by atomic mass is 9.91. The maximum atomic E-state index is 3.70. The fraction of sp³-hybridized carbons (Fsp3) is 0. The van der Waals surface area contributed by atoms with E-state index < -0.39 is 0 Å². The number of para-hydroxylation sites is 6. The van der Waals surface area contributed by atoms with Gasteiger partial charge in [0.05, 0.1) is 16.6 Å². The Morgan fingerprint density at radius 2 is 0.444 bits per heavy atom. The first-order valence-electron chi connectivity index (χ1n) is 21.7. The molecule has 0 radical (unpaired) electrons. The van der Waals surface area contributed by atoms with Crippen molar-refractivity contribution in [1.82, 2.24) is 15.0 Å². The Morgan fingerprint density at radius 1 is 0.190 bits per heavy atom. The summed E-state index contributed by atoms with van der Waals surface area (Å²) in [5, 5.41) is 7.50. The van der Waals surface area contributed by atoms with Gasteiger partial charge in [-0.05, 0) is 86.5 Å². The molecule has 3 nitrogen and oxygen atoms in total. The number of nitrogens with one attached hydrogen (secondary N) is 3. The number of rotatable bonds is 6. The highest BCUT2D eigenvalue weighted by Crippen LogP contribution is 2.40.